The second-order valence-electron chi connectivity index (χ2n) is 3.70. The summed E-state index contributed by atoms with van der Waals surface area (Å²) in [4.78, 5) is 11.4. The number of Topliss-reactive ketones (excluding diaryl/α,β-unsaturated/α-hetero) is 1. The van der Waals surface area contributed by atoms with Gasteiger partial charge in [0.15, 0.2) is 0 Å². The van der Waals surface area contributed by atoms with Gasteiger partial charge in [0.2, 0.25) is 0 Å². The van der Waals surface area contributed by atoms with Crippen molar-refractivity contribution in [2.24, 2.45) is 5.92 Å². The summed E-state index contributed by atoms with van der Waals surface area (Å²) in [6.07, 6.45) is 9.97. The van der Waals surface area contributed by atoms with Gasteiger partial charge in [0.05, 0.1) is 0 Å². The van der Waals surface area contributed by atoms with E-state index in [0.29, 0.717) is 11.7 Å². The number of halogens is 1. The zero-order chi connectivity index (χ0) is 9.52. The summed E-state index contributed by atoms with van der Waals surface area (Å²) >= 11 is 2.24. The van der Waals surface area contributed by atoms with Crippen LogP contribution in [0.2, 0.25) is 0 Å². The van der Waals surface area contributed by atoms with Crippen molar-refractivity contribution in [2.75, 3.05) is 0 Å². The predicted octanol–water partition coefficient (Wildman–Crippen LogP) is 3.86. The highest BCUT2D eigenvalue weighted by Crippen LogP contribution is 2.24. The molecular weight excluding hydrogens is 275 g/mol. The van der Waals surface area contributed by atoms with Crippen molar-refractivity contribution in [3.8, 4) is 0 Å². The molecule has 13 heavy (non-hydrogen) atoms. The van der Waals surface area contributed by atoms with E-state index in [1.165, 1.54) is 12.8 Å². The van der Waals surface area contributed by atoms with E-state index in [1.807, 2.05) is 0 Å². The van der Waals surface area contributed by atoms with Crippen LogP contribution in [-0.4, -0.2) is 5.78 Å². The molecule has 1 atom stereocenters. The van der Waals surface area contributed by atoms with Crippen molar-refractivity contribution in [1.29, 1.82) is 0 Å². The van der Waals surface area contributed by atoms with Gasteiger partial charge in [0, 0.05) is 12.3 Å². The average molecular weight is 292 g/mol. The number of hydrogen-bond acceptors (Lipinski definition) is 1. The van der Waals surface area contributed by atoms with Crippen LogP contribution in [0.15, 0.2) is 10.2 Å². The molecule has 1 fully saturated rings. The lowest BCUT2D eigenvalue weighted by molar-refractivity contribution is -0.124. The van der Waals surface area contributed by atoms with Gasteiger partial charge in [-0.25, -0.2) is 0 Å². The van der Waals surface area contributed by atoms with E-state index in [1.54, 1.807) is 0 Å². The Bertz CT molecular complexity index is 187. The Morgan fingerprint density at radius 3 is 3.00 bits per heavy atom. The fraction of sp³-hybridized carbons (Fsp3) is 0.727. The summed E-state index contributed by atoms with van der Waals surface area (Å²) in [5.74, 6) is 0.918. The van der Waals surface area contributed by atoms with Gasteiger partial charge in [-0.2, -0.15) is 0 Å². The van der Waals surface area contributed by atoms with Crippen molar-refractivity contribution in [3.63, 3.8) is 0 Å². The van der Waals surface area contributed by atoms with Crippen LogP contribution in [0.25, 0.3) is 0 Å². The highest BCUT2D eigenvalue weighted by molar-refractivity contribution is 14.1. The number of carbonyl (C=O) groups is 1. The topological polar surface area (TPSA) is 17.1 Å². The molecule has 0 heterocycles. The molecule has 1 aliphatic carbocycles. The Kier molecular flexibility index (Phi) is 5.67. The third kappa shape index (κ3) is 4.25. The third-order valence-electron chi connectivity index (χ3n) is 2.69. The first-order valence-electron chi connectivity index (χ1n) is 5.12. The van der Waals surface area contributed by atoms with Gasteiger partial charge in [0.1, 0.15) is 5.78 Å². The van der Waals surface area contributed by atoms with Crippen LogP contribution >= 0.6 is 22.6 Å². The molecule has 1 aliphatic rings. The van der Waals surface area contributed by atoms with Crippen LogP contribution in [0, 0.1) is 5.92 Å². The first-order chi connectivity index (χ1) is 6.34. The fourth-order valence-electron chi connectivity index (χ4n) is 1.91. The van der Waals surface area contributed by atoms with Crippen molar-refractivity contribution in [1.82, 2.24) is 0 Å². The summed E-state index contributed by atoms with van der Waals surface area (Å²) in [5, 5.41) is 0. The largest absolute Gasteiger partial charge is 0.299 e. The van der Waals surface area contributed by atoms with Gasteiger partial charge in [-0.3, -0.25) is 4.79 Å². The molecule has 1 unspecified atom stereocenters. The van der Waals surface area contributed by atoms with E-state index in [4.69, 9.17) is 0 Å². The van der Waals surface area contributed by atoms with Crippen molar-refractivity contribution >= 4 is 28.4 Å². The van der Waals surface area contributed by atoms with Crippen LogP contribution in [0.5, 0.6) is 0 Å². The molecule has 2 heteroatoms. The van der Waals surface area contributed by atoms with Crippen LogP contribution in [0.4, 0.5) is 0 Å². The van der Waals surface area contributed by atoms with E-state index in [-0.39, 0.29) is 0 Å². The quantitative estimate of drug-likeness (QED) is 0.568. The number of allylic oxidation sites excluding steroid dienone is 1. The standard InChI is InChI=1S/C11H17IO/c12-9-5-1-2-6-10-7-3-4-8-11(10)13/h5,9-10H,1-4,6-8H2/b9-5-. The Labute approximate surface area is 94.1 Å². The normalized spacial score (nSPS) is 24.1. The number of hydrogen-bond donors (Lipinski definition) is 0. The fourth-order valence-corrected chi connectivity index (χ4v) is 2.27. The first-order valence-corrected chi connectivity index (χ1v) is 6.37. The Morgan fingerprint density at radius 2 is 2.31 bits per heavy atom. The smallest absolute Gasteiger partial charge is 0.135 e. The van der Waals surface area contributed by atoms with E-state index in [0.717, 1.165) is 32.1 Å². The van der Waals surface area contributed by atoms with Gasteiger partial charge in [-0.1, -0.05) is 35.1 Å². The van der Waals surface area contributed by atoms with Crippen LogP contribution in [-0.2, 0) is 4.79 Å². The van der Waals surface area contributed by atoms with E-state index in [2.05, 4.69) is 32.7 Å². The van der Waals surface area contributed by atoms with E-state index < -0.39 is 0 Å². The average Bonchev–Trinajstić information content (AvgIpc) is 2.15. The Hall–Kier alpha value is 0.140. The lowest BCUT2D eigenvalue weighted by Gasteiger charge is -2.19. The molecule has 0 saturated heterocycles. The van der Waals surface area contributed by atoms with Crippen molar-refractivity contribution < 1.29 is 4.79 Å². The zero-order valence-electron chi connectivity index (χ0n) is 7.97. The summed E-state index contributed by atoms with van der Waals surface area (Å²) < 4.78 is 2.06. The Balaban J connectivity index is 2.15. The van der Waals surface area contributed by atoms with Crippen LogP contribution in [0.3, 0.4) is 0 Å². The molecule has 0 aromatic carbocycles. The molecule has 0 amide bonds. The molecule has 0 N–H and O–H groups in total. The van der Waals surface area contributed by atoms with Gasteiger partial charge in [-0.05, 0) is 36.2 Å². The molecule has 1 nitrogen and oxygen atoms in total. The summed E-state index contributed by atoms with van der Waals surface area (Å²) in [6.45, 7) is 0. The van der Waals surface area contributed by atoms with Crippen molar-refractivity contribution in [2.45, 2.75) is 44.9 Å². The molecule has 0 aromatic heterocycles. The molecule has 0 aliphatic heterocycles. The lowest BCUT2D eigenvalue weighted by Crippen LogP contribution is -2.18. The SMILES string of the molecule is O=C1CCCCC1CCC/C=C\I. The second-order valence-corrected chi connectivity index (χ2v) is 4.42. The molecular formula is C11H17IO. The molecule has 0 aromatic rings. The van der Waals surface area contributed by atoms with Crippen molar-refractivity contribution in [3.05, 3.63) is 10.2 Å². The van der Waals surface area contributed by atoms with Gasteiger partial charge in [-0.15, -0.1) is 0 Å². The number of unbranched alkanes of at least 4 members (excludes halogenated alkanes) is 1. The molecule has 74 valence electrons. The van der Waals surface area contributed by atoms with E-state index >= 15 is 0 Å². The summed E-state index contributed by atoms with van der Waals surface area (Å²) in [5.41, 5.74) is 0. The molecule has 1 saturated carbocycles. The lowest BCUT2D eigenvalue weighted by atomic mass is 9.84. The highest BCUT2D eigenvalue weighted by atomic mass is 127. The first kappa shape index (κ1) is 11.2. The minimum Gasteiger partial charge on any atom is -0.299 e. The molecule has 0 radical (unpaired) electrons. The highest BCUT2D eigenvalue weighted by Gasteiger charge is 2.20. The maximum Gasteiger partial charge on any atom is 0.135 e. The van der Waals surface area contributed by atoms with Gasteiger partial charge in [0.25, 0.3) is 0 Å². The second kappa shape index (κ2) is 6.57. The minimum absolute atomic E-state index is 0.399. The molecule has 0 bridgehead atoms. The van der Waals surface area contributed by atoms with Gasteiger partial charge < -0.3 is 0 Å². The third-order valence-corrected chi connectivity index (χ3v) is 3.20. The van der Waals surface area contributed by atoms with Gasteiger partial charge >= 0.3 is 0 Å². The maximum absolute atomic E-state index is 11.4. The zero-order valence-corrected chi connectivity index (χ0v) is 10.1. The monoisotopic (exact) mass is 292 g/mol. The summed E-state index contributed by atoms with van der Waals surface area (Å²) in [6, 6.07) is 0. The molecule has 1 rings (SSSR count). The maximum atomic E-state index is 11.4. The molecule has 0 spiro atoms. The predicted molar refractivity (Wildman–Crippen MR) is 64.0 cm³/mol. The van der Waals surface area contributed by atoms with Crippen LogP contribution < -0.4 is 0 Å². The number of carbonyl (C=O) groups excluding carboxylic acids is 1. The minimum atomic E-state index is 0.399. The van der Waals surface area contributed by atoms with E-state index in [9.17, 15) is 4.79 Å². The number of rotatable bonds is 4. The van der Waals surface area contributed by atoms with Crippen LogP contribution in [0.1, 0.15) is 44.9 Å². The number of ketones is 1. The summed E-state index contributed by atoms with van der Waals surface area (Å²) in [7, 11) is 0. The Morgan fingerprint density at radius 1 is 1.46 bits per heavy atom.